The molecule has 0 aliphatic heterocycles. The highest BCUT2D eigenvalue weighted by molar-refractivity contribution is 6.30. The van der Waals surface area contributed by atoms with Gasteiger partial charge in [-0.15, -0.1) is 0 Å². The Morgan fingerprint density at radius 3 is 2.71 bits per heavy atom. The SMILES string of the molecule is N#Cc1cccc(NC(=O)CCOc2ccc(Cl)cc2)c1. The number of nitriles is 1. The van der Waals surface area contributed by atoms with E-state index in [9.17, 15) is 4.79 Å². The topological polar surface area (TPSA) is 62.1 Å². The molecule has 1 amide bonds. The molecule has 0 unspecified atom stereocenters. The number of anilines is 1. The maximum atomic E-state index is 11.8. The third-order valence-corrected chi connectivity index (χ3v) is 2.94. The van der Waals surface area contributed by atoms with Crippen LogP contribution in [0.25, 0.3) is 0 Å². The van der Waals surface area contributed by atoms with E-state index in [-0.39, 0.29) is 18.9 Å². The number of nitrogens with one attached hydrogen (secondary N) is 1. The Morgan fingerprint density at radius 1 is 1.24 bits per heavy atom. The van der Waals surface area contributed by atoms with E-state index in [4.69, 9.17) is 21.6 Å². The minimum atomic E-state index is -0.168. The van der Waals surface area contributed by atoms with Crippen molar-refractivity contribution in [3.8, 4) is 11.8 Å². The molecule has 2 aromatic carbocycles. The van der Waals surface area contributed by atoms with E-state index in [1.54, 1.807) is 48.5 Å². The molecule has 2 aromatic rings. The minimum absolute atomic E-state index is 0.168. The third kappa shape index (κ3) is 4.83. The zero-order valence-electron chi connectivity index (χ0n) is 11.2. The lowest BCUT2D eigenvalue weighted by Gasteiger charge is -2.07. The van der Waals surface area contributed by atoms with Crippen molar-refractivity contribution in [1.82, 2.24) is 0 Å². The van der Waals surface area contributed by atoms with Crippen LogP contribution in [0.2, 0.25) is 5.02 Å². The lowest BCUT2D eigenvalue weighted by Crippen LogP contribution is -2.15. The predicted molar refractivity (Wildman–Crippen MR) is 81.4 cm³/mol. The van der Waals surface area contributed by atoms with Gasteiger partial charge in [-0.3, -0.25) is 4.79 Å². The number of hydrogen-bond acceptors (Lipinski definition) is 3. The first-order chi connectivity index (χ1) is 10.2. The van der Waals surface area contributed by atoms with E-state index >= 15 is 0 Å². The molecule has 0 fully saturated rings. The largest absolute Gasteiger partial charge is 0.493 e. The lowest BCUT2D eigenvalue weighted by molar-refractivity contribution is -0.116. The van der Waals surface area contributed by atoms with Gasteiger partial charge in [-0.25, -0.2) is 0 Å². The Kier molecular flexibility index (Phi) is 5.19. The van der Waals surface area contributed by atoms with Crippen LogP contribution in [0.15, 0.2) is 48.5 Å². The van der Waals surface area contributed by atoms with Crippen LogP contribution < -0.4 is 10.1 Å². The fraction of sp³-hybridized carbons (Fsp3) is 0.125. The molecule has 0 aromatic heterocycles. The van der Waals surface area contributed by atoms with E-state index in [0.717, 1.165) is 0 Å². The number of hydrogen-bond donors (Lipinski definition) is 1. The molecule has 5 heteroatoms. The summed E-state index contributed by atoms with van der Waals surface area (Å²) in [7, 11) is 0. The summed E-state index contributed by atoms with van der Waals surface area (Å²) in [5.74, 6) is 0.498. The van der Waals surface area contributed by atoms with Crippen molar-refractivity contribution in [2.24, 2.45) is 0 Å². The molecule has 0 saturated carbocycles. The average Bonchev–Trinajstić information content (AvgIpc) is 2.49. The zero-order valence-corrected chi connectivity index (χ0v) is 11.9. The van der Waals surface area contributed by atoms with Gasteiger partial charge < -0.3 is 10.1 Å². The van der Waals surface area contributed by atoms with Gasteiger partial charge in [-0.2, -0.15) is 5.26 Å². The van der Waals surface area contributed by atoms with Gasteiger partial charge in [0.05, 0.1) is 24.7 Å². The average molecular weight is 301 g/mol. The van der Waals surface area contributed by atoms with Crippen LogP contribution in [0.1, 0.15) is 12.0 Å². The van der Waals surface area contributed by atoms with Gasteiger partial charge >= 0.3 is 0 Å². The van der Waals surface area contributed by atoms with Crippen molar-refractivity contribution in [2.75, 3.05) is 11.9 Å². The van der Waals surface area contributed by atoms with Gasteiger partial charge in [-0.1, -0.05) is 17.7 Å². The summed E-state index contributed by atoms with van der Waals surface area (Å²) in [4.78, 5) is 11.8. The van der Waals surface area contributed by atoms with Gasteiger partial charge in [0.25, 0.3) is 0 Å². The first-order valence-corrected chi connectivity index (χ1v) is 6.73. The highest BCUT2D eigenvalue weighted by atomic mass is 35.5. The van der Waals surface area contributed by atoms with E-state index in [0.29, 0.717) is 22.0 Å². The van der Waals surface area contributed by atoms with Crippen molar-refractivity contribution >= 4 is 23.2 Å². The fourth-order valence-electron chi connectivity index (χ4n) is 1.68. The van der Waals surface area contributed by atoms with Gasteiger partial charge in [-0.05, 0) is 42.5 Å². The van der Waals surface area contributed by atoms with Gasteiger partial charge in [0.2, 0.25) is 5.91 Å². The van der Waals surface area contributed by atoms with E-state index in [2.05, 4.69) is 5.32 Å². The van der Waals surface area contributed by atoms with Gasteiger partial charge in [0.15, 0.2) is 0 Å². The minimum Gasteiger partial charge on any atom is -0.493 e. The molecule has 1 N–H and O–H groups in total. The Bertz CT molecular complexity index is 663. The first-order valence-electron chi connectivity index (χ1n) is 6.36. The first kappa shape index (κ1) is 14.9. The molecule has 106 valence electrons. The van der Waals surface area contributed by atoms with Crippen LogP contribution in [-0.4, -0.2) is 12.5 Å². The second-order valence-electron chi connectivity index (χ2n) is 4.29. The van der Waals surface area contributed by atoms with Crippen LogP contribution in [0, 0.1) is 11.3 Å². The Labute approximate surface area is 127 Å². The quantitative estimate of drug-likeness (QED) is 0.917. The van der Waals surface area contributed by atoms with Gasteiger partial charge in [0.1, 0.15) is 5.75 Å². The van der Waals surface area contributed by atoms with Crippen LogP contribution in [0.5, 0.6) is 5.75 Å². The summed E-state index contributed by atoms with van der Waals surface area (Å²) in [5.41, 5.74) is 1.11. The summed E-state index contributed by atoms with van der Waals surface area (Å²) in [5, 5.41) is 12.1. The van der Waals surface area contributed by atoms with Crippen molar-refractivity contribution < 1.29 is 9.53 Å². The third-order valence-electron chi connectivity index (χ3n) is 2.69. The second kappa shape index (κ2) is 7.32. The highest BCUT2D eigenvalue weighted by Gasteiger charge is 2.04. The van der Waals surface area contributed by atoms with Crippen molar-refractivity contribution in [1.29, 1.82) is 5.26 Å². The highest BCUT2D eigenvalue weighted by Crippen LogP contribution is 2.15. The van der Waals surface area contributed by atoms with Crippen molar-refractivity contribution in [2.45, 2.75) is 6.42 Å². The molecule has 0 spiro atoms. The number of benzene rings is 2. The zero-order chi connectivity index (χ0) is 15.1. The van der Waals surface area contributed by atoms with E-state index in [1.165, 1.54) is 0 Å². The second-order valence-corrected chi connectivity index (χ2v) is 4.73. The number of amides is 1. The lowest BCUT2D eigenvalue weighted by atomic mass is 10.2. The predicted octanol–water partition coefficient (Wildman–Crippen LogP) is 3.62. The molecule has 0 radical (unpaired) electrons. The molecular weight excluding hydrogens is 288 g/mol. The fourth-order valence-corrected chi connectivity index (χ4v) is 1.81. The molecule has 2 rings (SSSR count). The molecule has 0 saturated heterocycles. The number of ether oxygens (including phenoxy) is 1. The number of carbonyl (C=O) groups excluding carboxylic acids is 1. The van der Waals surface area contributed by atoms with Crippen LogP contribution in [0.4, 0.5) is 5.69 Å². The van der Waals surface area contributed by atoms with Gasteiger partial charge in [0, 0.05) is 10.7 Å². The maximum Gasteiger partial charge on any atom is 0.227 e. The summed E-state index contributed by atoms with van der Waals surface area (Å²) in [6.45, 7) is 0.269. The standard InChI is InChI=1S/C16H13ClN2O2/c17-13-4-6-15(7-5-13)21-9-8-16(20)19-14-3-1-2-12(10-14)11-18/h1-7,10H,8-9H2,(H,19,20). The Hall–Kier alpha value is -2.51. The summed E-state index contributed by atoms with van der Waals surface area (Å²) in [6, 6.07) is 15.7. The smallest absolute Gasteiger partial charge is 0.227 e. The summed E-state index contributed by atoms with van der Waals surface area (Å²) < 4.78 is 5.44. The monoisotopic (exact) mass is 300 g/mol. The van der Waals surface area contributed by atoms with Crippen molar-refractivity contribution in [3.05, 3.63) is 59.1 Å². The van der Waals surface area contributed by atoms with Crippen molar-refractivity contribution in [3.63, 3.8) is 0 Å². The molecule has 0 aliphatic carbocycles. The molecule has 0 heterocycles. The number of carbonyl (C=O) groups is 1. The molecule has 0 bridgehead atoms. The summed E-state index contributed by atoms with van der Waals surface area (Å²) >= 11 is 5.77. The molecular formula is C16H13ClN2O2. The van der Waals surface area contributed by atoms with E-state index < -0.39 is 0 Å². The van der Waals surface area contributed by atoms with Crippen LogP contribution in [0.3, 0.4) is 0 Å². The number of rotatable bonds is 5. The van der Waals surface area contributed by atoms with Crippen LogP contribution in [-0.2, 0) is 4.79 Å². The Morgan fingerprint density at radius 2 is 2.00 bits per heavy atom. The number of halogens is 1. The Balaban J connectivity index is 1.79. The number of nitrogens with zero attached hydrogens (tertiary/aromatic N) is 1. The molecule has 4 nitrogen and oxygen atoms in total. The molecule has 21 heavy (non-hydrogen) atoms. The maximum absolute atomic E-state index is 11.8. The normalized spacial score (nSPS) is 9.71. The molecule has 0 atom stereocenters. The molecule has 0 aliphatic rings. The van der Waals surface area contributed by atoms with Crippen LogP contribution >= 0.6 is 11.6 Å². The van der Waals surface area contributed by atoms with E-state index in [1.807, 2.05) is 6.07 Å². The summed E-state index contributed by atoms with van der Waals surface area (Å²) in [6.07, 6.45) is 0.222.